The fourth-order valence-corrected chi connectivity index (χ4v) is 4.49. The average molecular weight is 468 g/mol. The van der Waals surface area contributed by atoms with Crippen molar-refractivity contribution in [2.75, 3.05) is 31.6 Å². The maximum absolute atomic E-state index is 13.0. The van der Waals surface area contributed by atoms with E-state index in [1.807, 2.05) is 43.0 Å². The van der Waals surface area contributed by atoms with Crippen molar-refractivity contribution < 1.29 is 19.1 Å². The molecule has 3 heterocycles. The maximum atomic E-state index is 13.0. The Morgan fingerprint density at radius 3 is 2.50 bits per heavy atom. The molecule has 0 spiro atoms. The van der Waals surface area contributed by atoms with Crippen LogP contribution in [0, 0.1) is 5.92 Å². The van der Waals surface area contributed by atoms with Crippen LogP contribution < -0.4 is 25.6 Å². The van der Waals surface area contributed by atoms with Gasteiger partial charge in [-0.2, -0.15) is 0 Å². The summed E-state index contributed by atoms with van der Waals surface area (Å²) in [7, 11) is 0. The van der Waals surface area contributed by atoms with Gasteiger partial charge in [0.1, 0.15) is 17.5 Å². The number of hydrogen-bond donors (Lipinski definition) is 3. The van der Waals surface area contributed by atoms with E-state index >= 15 is 0 Å². The molecule has 34 heavy (non-hydrogen) atoms. The predicted molar refractivity (Wildman–Crippen MR) is 128 cm³/mol. The minimum absolute atomic E-state index is 0.0555. The molecule has 0 bridgehead atoms. The number of rotatable bonds is 8. The molecule has 2 aromatic rings. The Balaban J connectivity index is 1.30. The number of piperidine rings is 1. The molecule has 9 heteroatoms. The summed E-state index contributed by atoms with van der Waals surface area (Å²) >= 11 is 0. The van der Waals surface area contributed by atoms with Crippen LogP contribution in [0.3, 0.4) is 0 Å². The first-order valence-corrected chi connectivity index (χ1v) is 12.0. The van der Waals surface area contributed by atoms with Crippen molar-refractivity contribution in [3.05, 3.63) is 48.3 Å². The van der Waals surface area contributed by atoms with E-state index in [-0.39, 0.29) is 29.8 Å². The van der Waals surface area contributed by atoms with Gasteiger partial charge in [0.15, 0.2) is 0 Å². The van der Waals surface area contributed by atoms with Gasteiger partial charge in [-0.3, -0.25) is 14.6 Å². The van der Waals surface area contributed by atoms with Crippen LogP contribution in [0.5, 0.6) is 11.5 Å². The Hall–Kier alpha value is -3.17. The third-order valence-electron chi connectivity index (χ3n) is 6.31. The van der Waals surface area contributed by atoms with Gasteiger partial charge in [-0.05, 0) is 62.9 Å². The highest BCUT2D eigenvalue weighted by Gasteiger charge is 2.35. The van der Waals surface area contributed by atoms with Gasteiger partial charge in [0, 0.05) is 43.5 Å². The maximum Gasteiger partial charge on any atom is 0.241 e. The zero-order valence-electron chi connectivity index (χ0n) is 19.8. The number of benzene rings is 1. The summed E-state index contributed by atoms with van der Waals surface area (Å²) in [5.74, 6) is 1.17. The van der Waals surface area contributed by atoms with Gasteiger partial charge in [0.25, 0.3) is 0 Å². The van der Waals surface area contributed by atoms with Crippen LogP contribution in [0.25, 0.3) is 0 Å². The van der Waals surface area contributed by atoms with Crippen molar-refractivity contribution in [1.82, 2.24) is 20.7 Å². The number of aromatic nitrogens is 1. The van der Waals surface area contributed by atoms with E-state index in [1.165, 1.54) is 0 Å². The monoisotopic (exact) mass is 467 g/mol. The molecular formula is C25H33N5O4. The number of carbonyl (C=O) groups is 2. The van der Waals surface area contributed by atoms with Gasteiger partial charge in [0.05, 0.1) is 18.9 Å². The van der Waals surface area contributed by atoms with Gasteiger partial charge >= 0.3 is 0 Å². The van der Waals surface area contributed by atoms with Gasteiger partial charge in [-0.1, -0.05) is 0 Å². The fraction of sp³-hybridized carbons (Fsp3) is 0.480. The highest BCUT2D eigenvalue weighted by Crippen LogP contribution is 2.31. The Morgan fingerprint density at radius 1 is 1.06 bits per heavy atom. The van der Waals surface area contributed by atoms with Crippen molar-refractivity contribution in [2.45, 2.75) is 45.2 Å². The molecule has 9 nitrogen and oxygen atoms in total. The zero-order valence-corrected chi connectivity index (χ0v) is 19.8. The summed E-state index contributed by atoms with van der Waals surface area (Å²) in [4.78, 5) is 31.9. The van der Waals surface area contributed by atoms with Crippen LogP contribution in [0.2, 0.25) is 0 Å². The second-order valence-corrected chi connectivity index (χ2v) is 8.52. The number of anilines is 1. The summed E-state index contributed by atoms with van der Waals surface area (Å²) in [5, 5.41) is 3.01. The number of nitrogens with zero attached hydrogens (tertiary/aromatic N) is 2. The summed E-state index contributed by atoms with van der Waals surface area (Å²) in [6.45, 7) is 5.99. The smallest absolute Gasteiger partial charge is 0.241 e. The molecule has 2 aliphatic rings. The van der Waals surface area contributed by atoms with E-state index in [2.05, 4.69) is 21.2 Å². The van der Waals surface area contributed by atoms with Gasteiger partial charge in [0.2, 0.25) is 11.8 Å². The highest BCUT2D eigenvalue weighted by atomic mass is 16.5. The van der Waals surface area contributed by atoms with Crippen LogP contribution in [0.15, 0.2) is 42.7 Å². The van der Waals surface area contributed by atoms with E-state index in [4.69, 9.17) is 9.47 Å². The largest absolute Gasteiger partial charge is 0.494 e. The molecular weight excluding hydrogens is 434 g/mol. The fourth-order valence-electron chi connectivity index (χ4n) is 4.49. The third-order valence-corrected chi connectivity index (χ3v) is 6.31. The standard InChI is InChI=1S/C25H33N5O4/c1-3-33-19-5-6-23(34-4-2)21(15-19)27-24(31)18-9-13-30(14-10-18)25(32)22-16-20(28-29-22)17-7-11-26-12-8-17/h5-8,11-12,15,18,20,22,28-29H,3-4,9-10,13-14,16H2,1-2H3,(H,27,31). The second-order valence-electron chi connectivity index (χ2n) is 8.52. The van der Waals surface area contributed by atoms with Crippen LogP contribution in [0.4, 0.5) is 5.69 Å². The third kappa shape index (κ3) is 5.66. The molecule has 2 fully saturated rings. The molecule has 0 saturated carbocycles. The molecule has 182 valence electrons. The molecule has 0 radical (unpaired) electrons. The summed E-state index contributed by atoms with van der Waals surface area (Å²) in [5.41, 5.74) is 8.07. The van der Waals surface area contributed by atoms with Crippen molar-refractivity contribution in [3.8, 4) is 11.5 Å². The van der Waals surface area contributed by atoms with Crippen molar-refractivity contribution in [3.63, 3.8) is 0 Å². The number of likely N-dealkylation sites (tertiary alicyclic amines) is 1. The van der Waals surface area contributed by atoms with E-state index in [9.17, 15) is 9.59 Å². The summed E-state index contributed by atoms with van der Waals surface area (Å²) in [6.07, 6.45) is 5.44. The molecule has 2 aliphatic heterocycles. The quantitative estimate of drug-likeness (QED) is 0.548. The Labute approximate surface area is 200 Å². The number of ether oxygens (including phenoxy) is 2. The molecule has 1 aromatic heterocycles. The first-order chi connectivity index (χ1) is 16.6. The molecule has 1 aromatic carbocycles. The summed E-state index contributed by atoms with van der Waals surface area (Å²) < 4.78 is 11.2. The Kier molecular flexibility index (Phi) is 7.97. The van der Waals surface area contributed by atoms with E-state index < -0.39 is 0 Å². The molecule has 2 atom stereocenters. The Morgan fingerprint density at radius 2 is 1.79 bits per heavy atom. The average Bonchev–Trinajstić information content (AvgIpc) is 3.36. The van der Waals surface area contributed by atoms with E-state index in [0.29, 0.717) is 62.8 Å². The molecule has 3 N–H and O–H groups in total. The van der Waals surface area contributed by atoms with Crippen LogP contribution >= 0.6 is 0 Å². The lowest BCUT2D eigenvalue weighted by molar-refractivity contribution is -0.136. The first kappa shape index (κ1) is 24.0. The lowest BCUT2D eigenvalue weighted by Gasteiger charge is -2.33. The first-order valence-electron chi connectivity index (χ1n) is 12.0. The topological polar surface area (TPSA) is 105 Å². The van der Waals surface area contributed by atoms with E-state index in [0.717, 1.165) is 5.56 Å². The normalized spacial score (nSPS) is 20.7. The summed E-state index contributed by atoms with van der Waals surface area (Å²) in [6, 6.07) is 9.15. The lowest BCUT2D eigenvalue weighted by Crippen LogP contribution is -2.49. The second kappa shape index (κ2) is 11.3. The molecule has 4 rings (SSSR count). The lowest BCUT2D eigenvalue weighted by atomic mass is 9.94. The van der Waals surface area contributed by atoms with E-state index in [1.54, 1.807) is 18.5 Å². The van der Waals surface area contributed by atoms with Gasteiger partial charge < -0.3 is 19.7 Å². The van der Waals surface area contributed by atoms with Crippen LogP contribution in [-0.4, -0.2) is 54.0 Å². The Bertz CT molecular complexity index is 979. The van der Waals surface area contributed by atoms with Crippen molar-refractivity contribution in [1.29, 1.82) is 0 Å². The zero-order chi connectivity index (χ0) is 23.9. The molecule has 2 amide bonds. The van der Waals surface area contributed by atoms with Crippen molar-refractivity contribution in [2.24, 2.45) is 5.92 Å². The number of hydrogen-bond acceptors (Lipinski definition) is 7. The van der Waals surface area contributed by atoms with Gasteiger partial charge in [-0.25, -0.2) is 10.9 Å². The number of amides is 2. The molecule has 2 saturated heterocycles. The number of hydrazine groups is 1. The predicted octanol–water partition coefficient (Wildman–Crippen LogP) is 2.66. The molecule has 2 unspecified atom stereocenters. The highest BCUT2D eigenvalue weighted by molar-refractivity contribution is 5.94. The minimum atomic E-state index is -0.279. The number of carbonyl (C=O) groups excluding carboxylic acids is 2. The van der Waals surface area contributed by atoms with Crippen molar-refractivity contribution >= 4 is 17.5 Å². The number of nitrogens with one attached hydrogen (secondary N) is 3. The number of pyridine rings is 1. The molecule has 0 aliphatic carbocycles. The van der Waals surface area contributed by atoms with Crippen LogP contribution in [-0.2, 0) is 9.59 Å². The van der Waals surface area contributed by atoms with Crippen LogP contribution in [0.1, 0.15) is 44.7 Å². The van der Waals surface area contributed by atoms with Gasteiger partial charge in [-0.15, -0.1) is 0 Å². The SMILES string of the molecule is CCOc1ccc(OCC)c(NC(=O)C2CCN(C(=O)C3CC(c4ccncc4)NN3)CC2)c1. The minimum Gasteiger partial charge on any atom is -0.494 e.